The fourth-order valence-corrected chi connectivity index (χ4v) is 5.23. The average Bonchev–Trinajstić information content (AvgIpc) is 3.05. The lowest BCUT2D eigenvalue weighted by atomic mass is 9.34. The van der Waals surface area contributed by atoms with Gasteiger partial charge < -0.3 is 4.74 Å². The first-order chi connectivity index (χ1) is 21.3. The number of hydrogen-bond acceptors (Lipinski definition) is 7. The minimum absolute atomic E-state index is 0.0890. The molecule has 216 valence electrons. The van der Waals surface area contributed by atoms with Gasteiger partial charge >= 0.3 is 0 Å². The van der Waals surface area contributed by atoms with Crippen LogP contribution in [0.4, 0.5) is 17.1 Å². The quantitative estimate of drug-likeness (QED) is 0.0820. The zero-order valence-electron chi connectivity index (χ0n) is 23.4. The molecule has 0 spiro atoms. The highest BCUT2D eigenvalue weighted by molar-refractivity contribution is 7.01. The Bertz CT molecular complexity index is 1800. The van der Waals surface area contributed by atoms with Crippen molar-refractivity contribution < 1.29 is 19.5 Å². The standard InChI is InChI=1S/C33H24BN3O7/c1-44-31-10-6-5-9-30(31)32(23-7-3-2-4-8-23)33(24-11-17-27(18-12-24)35(38)39)34(25-13-19-28(20-14-25)36(40)41)26-15-21-29(22-16-26)37(42)43/h2-22H,1H3/b33-32-. The number of rotatable bonds is 10. The van der Waals surface area contributed by atoms with Crippen LogP contribution in [-0.2, 0) is 0 Å². The van der Waals surface area contributed by atoms with Gasteiger partial charge in [-0.25, -0.2) is 0 Å². The molecule has 0 aliphatic carbocycles. The normalized spacial score (nSPS) is 11.3. The molecule has 5 aromatic rings. The first-order valence-electron chi connectivity index (χ1n) is 13.4. The maximum atomic E-state index is 11.6. The lowest BCUT2D eigenvalue weighted by Gasteiger charge is -2.25. The molecule has 11 heteroatoms. The van der Waals surface area contributed by atoms with Crippen molar-refractivity contribution in [2.45, 2.75) is 0 Å². The van der Waals surface area contributed by atoms with Gasteiger partial charge in [0.25, 0.3) is 17.1 Å². The minimum atomic E-state index is -0.627. The number of nitro groups is 3. The van der Waals surface area contributed by atoms with Crippen LogP contribution in [0.2, 0.25) is 0 Å². The number of para-hydroxylation sites is 1. The second kappa shape index (κ2) is 12.8. The molecule has 0 heterocycles. The Balaban J connectivity index is 1.93. The van der Waals surface area contributed by atoms with Gasteiger partial charge in [0.1, 0.15) is 5.75 Å². The van der Waals surface area contributed by atoms with Gasteiger partial charge in [0, 0.05) is 42.0 Å². The van der Waals surface area contributed by atoms with Crippen LogP contribution in [-0.4, -0.2) is 28.6 Å². The lowest BCUT2D eigenvalue weighted by molar-refractivity contribution is -0.385. The molecule has 44 heavy (non-hydrogen) atoms. The molecule has 0 fully saturated rings. The van der Waals surface area contributed by atoms with E-state index in [4.69, 9.17) is 4.74 Å². The zero-order chi connectivity index (χ0) is 31.2. The SMILES string of the molecule is COc1ccccc1/C(=C(\B(c1ccc([N+](=O)[O-])cc1)c1ccc([N+](=O)[O-])cc1)c1ccc([N+](=O)[O-])cc1)c1ccccc1. The van der Waals surface area contributed by atoms with Crippen molar-refractivity contribution >= 4 is 45.7 Å². The van der Waals surface area contributed by atoms with Crippen molar-refractivity contribution in [3.8, 4) is 5.75 Å². The van der Waals surface area contributed by atoms with Crippen molar-refractivity contribution in [1.29, 1.82) is 0 Å². The second-order valence-electron chi connectivity index (χ2n) is 9.79. The highest BCUT2D eigenvalue weighted by Gasteiger charge is 2.31. The summed E-state index contributed by atoms with van der Waals surface area (Å²) in [4.78, 5) is 33.1. The van der Waals surface area contributed by atoms with Gasteiger partial charge in [-0.15, -0.1) is 0 Å². The molecule has 0 aromatic heterocycles. The van der Waals surface area contributed by atoms with Crippen molar-refractivity contribution in [2.24, 2.45) is 0 Å². The molecular formula is C33H24BN3O7. The summed E-state index contributed by atoms with van der Waals surface area (Å²) >= 11 is 0. The van der Waals surface area contributed by atoms with Crippen LogP contribution in [0.1, 0.15) is 16.7 Å². The van der Waals surface area contributed by atoms with E-state index >= 15 is 0 Å². The first kappa shape index (κ1) is 29.4. The van der Waals surface area contributed by atoms with Crippen LogP contribution in [0.3, 0.4) is 0 Å². The second-order valence-corrected chi connectivity index (χ2v) is 9.79. The number of ether oxygens (including phenoxy) is 1. The molecule has 0 aliphatic rings. The van der Waals surface area contributed by atoms with Crippen LogP contribution in [0.15, 0.2) is 127 Å². The van der Waals surface area contributed by atoms with E-state index in [-0.39, 0.29) is 17.1 Å². The Morgan fingerprint density at radius 3 is 1.43 bits per heavy atom. The smallest absolute Gasteiger partial charge is 0.269 e. The minimum Gasteiger partial charge on any atom is -0.496 e. The van der Waals surface area contributed by atoms with Gasteiger partial charge in [0.2, 0.25) is 6.71 Å². The summed E-state index contributed by atoms with van der Waals surface area (Å²) in [5, 5.41) is 34.6. The van der Waals surface area contributed by atoms with Crippen LogP contribution < -0.4 is 15.7 Å². The summed E-state index contributed by atoms with van der Waals surface area (Å²) in [6.07, 6.45) is 0. The summed E-state index contributed by atoms with van der Waals surface area (Å²) in [7, 11) is 1.57. The number of hydrogen-bond donors (Lipinski definition) is 0. The van der Waals surface area contributed by atoms with E-state index in [9.17, 15) is 30.3 Å². The van der Waals surface area contributed by atoms with Crippen molar-refractivity contribution in [3.63, 3.8) is 0 Å². The van der Waals surface area contributed by atoms with Crippen molar-refractivity contribution in [1.82, 2.24) is 0 Å². The summed E-state index contributed by atoms with van der Waals surface area (Å²) in [6, 6.07) is 35.4. The molecule has 0 atom stereocenters. The monoisotopic (exact) mass is 585 g/mol. The molecule has 10 nitrogen and oxygen atoms in total. The van der Waals surface area contributed by atoms with Crippen molar-refractivity contribution in [3.05, 3.63) is 174 Å². The van der Waals surface area contributed by atoms with Gasteiger partial charge in [0.15, 0.2) is 0 Å². The summed E-state index contributed by atoms with van der Waals surface area (Å²) in [5.41, 5.74) is 4.72. The number of non-ortho nitro benzene ring substituents is 3. The van der Waals surface area contributed by atoms with Gasteiger partial charge in [-0.2, -0.15) is 0 Å². The maximum absolute atomic E-state index is 11.6. The third-order valence-corrected chi connectivity index (χ3v) is 7.26. The summed E-state index contributed by atoms with van der Waals surface area (Å²) in [5.74, 6) is 0.580. The lowest BCUT2D eigenvalue weighted by Crippen LogP contribution is -2.44. The van der Waals surface area contributed by atoms with Crippen LogP contribution in [0, 0.1) is 30.3 Å². The van der Waals surface area contributed by atoms with Gasteiger partial charge in [-0.05, 0) is 34.9 Å². The Labute approximate surface area is 252 Å². The van der Waals surface area contributed by atoms with Crippen LogP contribution in [0.25, 0.3) is 11.0 Å². The first-order valence-corrected chi connectivity index (χ1v) is 13.4. The molecule has 0 unspecified atom stereocenters. The molecular weight excluding hydrogens is 561 g/mol. The zero-order valence-corrected chi connectivity index (χ0v) is 23.4. The maximum Gasteiger partial charge on any atom is 0.269 e. The molecule has 0 N–H and O–H groups in total. The largest absolute Gasteiger partial charge is 0.496 e. The third-order valence-electron chi connectivity index (χ3n) is 7.26. The van der Waals surface area contributed by atoms with Crippen LogP contribution >= 0.6 is 0 Å². The Morgan fingerprint density at radius 1 is 0.545 bits per heavy atom. The van der Waals surface area contributed by atoms with Gasteiger partial charge in [-0.3, -0.25) is 30.3 Å². The predicted molar refractivity (Wildman–Crippen MR) is 170 cm³/mol. The molecule has 0 saturated heterocycles. The molecule has 5 rings (SSSR count). The Kier molecular flexibility index (Phi) is 8.57. The number of methoxy groups -OCH3 is 1. The Morgan fingerprint density at radius 2 is 0.977 bits per heavy atom. The van der Waals surface area contributed by atoms with E-state index in [0.717, 1.165) is 16.7 Å². The summed E-state index contributed by atoms with van der Waals surface area (Å²) < 4.78 is 5.79. The molecule has 0 amide bonds. The third kappa shape index (κ3) is 6.07. The van der Waals surface area contributed by atoms with Gasteiger partial charge in [-0.1, -0.05) is 89.2 Å². The highest BCUT2D eigenvalue weighted by atomic mass is 16.6. The van der Waals surface area contributed by atoms with Gasteiger partial charge in [0.05, 0.1) is 21.9 Å². The predicted octanol–water partition coefficient (Wildman–Crippen LogP) is 6.23. The van der Waals surface area contributed by atoms with E-state index in [1.54, 1.807) is 43.5 Å². The molecule has 0 aliphatic heterocycles. The number of nitrogens with zero attached hydrogens (tertiary/aromatic N) is 3. The molecule has 0 saturated carbocycles. The Hall–Kier alpha value is -6.10. The van der Waals surface area contributed by atoms with Crippen molar-refractivity contribution in [2.75, 3.05) is 7.11 Å². The topological polar surface area (TPSA) is 139 Å². The van der Waals surface area contributed by atoms with Crippen LogP contribution in [0.5, 0.6) is 5.75 Å². The fraction of sp³-hybridized carbons (Fsp3) is 0.0303. The van der Waals surface area contributed by atoms with E-state index in [1.165, 1.54) is 36.4 Å². The molecule has 0 bridgehead atoms. The summed E-state index contributed by atoms with van der Waals surface area (Å²) in [6.45, 7) is -0.627. The molecule has 0 radical (unpaired) electrons. The number of nitro benzene ring substituents is 3. The average molecular weight is 585 g/mol. The highest BCUT2D eigenvalue weighted by Crippen LogP contribution is 2.38. The molecule has 5 aromatic carbocycles. The van der Waals surface area contributed by atoms with E-state index in [1.807, 2.05) is 54.6 Å². The van der Waals surface area contributed by atoms with E-state index in [0.29, 0.717) is 27.7 Å². The number of benzene rings is 5. The van der Waals surface area contributed by atoms with E-state index < -0.39 is 21.5 Å². The van der Waals surface area contributed by atoms with E-state index in [2.05, 4.69) is 0 Å². The fourth-order valence-electron chi connectivity index (χ4n) is 5.23.